The summed E-state index contributed by atoms with van der Waals surface area (Å²) in [6.45, 7) is 8.72. The minimum Gasteiger partial charge on any atom is -0.423 e. The molecule has 1 rings (SSSR count). The zero-order chi connectivity index (χ0) is 23.5. The molecule has 0 amide bonds. The van der Waals surface area contributed by atoms with Crippen molar-refractivity contribution in [1.29, 1.82) is 0 Å². The Morgan fingerprint density at radius 3 is 1.88 bits per heavy atom. The molecule has 174 valence electrons. The van der Waals surface area contributed by atoms with Gasteiger partial charge in [0.25, 0.3) is 0 Å². The fraction of sp³-hybridized carbons (Fsp3) is 0.433. The first-order valence-corrected chi connectivity index (χ1v) is 12.1. The zero-order valence-corrected chi connectivity index (χ0v) is 20.6. The minimum atomic E-state index is -0.381. The van der Waals surface area contributed by atoms with Crippen LogP contribution in [-0.4, -0.2) is 5.97 Å². The van der Waals surface area contributed by atoms with E-state index in [0.717, 1.165) is 6.42 Å². The molecule has 0 saturated heterocycles. The van der Waals surface area contributed by atoms with Gasteiger partial charge in [0.15, 0.2) is 0 Å². The monoisotopic (exact) mass is 434 g/mol. The Hall–Kier alpha value is -2.61. The molecule has 0 aromatic heterocycles. The lowest BCUT2D eigenvalue weighted by Crippen LogP contribution is -2.11. The smallest absolute Gasteiger partial charge is 0.336 e. The van der Waals surface area contributed by atoms with Crippen LogP contribution in [0.15, 0.2) is 85.0 Å². The van der Waals surface area contributed by atoms with Gasteiger partial charge in [-0.05, 0) is 36.0 Å². The summed E-state index contributed by atoms with van der Waals surface area (Å²) in [6.07, 6.45) is 29.7. The van der Waals surface area contributed by atoms with Crippen molar-refractivity contribution >= 4 is 5.97 Å². The van der Waals surface area contributed by atoms with Gasteiger partial charge in [0.2, 0.25) is 0 Å². The first-order valence-electron chi connectivity index (χ1n) is 12.1. The molecule has 32 heavy (non-hydrogen) atoms. The molecular formula is C30H42O2. The quantitative estimate of drug-likeness (QED) is 0.0961. The predicted molar refractivity (Wildman–Crippen MR) is 139 cm³/mol. The van der Waals surface area contributed by atoms with Gasteiger partial charge < -0.3 is 4.74 Å². The molecule has 1 aromatic rings. The van der Waals surface area contributed by atoms with E-state index in [-0.39, 0.29) is 11.4 Å². The highest BCUT2D eigenvalue weighted by Gasteiger charge is 2.13. The summed E-state index contributed by atoms with van der Waals surface area (Å²) < 4.78 is 5.31. The van der Waals surface area contributed by atoms with Crippen LogP contribution in [0.2, 0.25) is 0 Å². The number of rotatable bonds is 14. The number of ether oxygens (including phenoxy) is 1. The first-order chi connectivity index (χ1) is 15.4. The highest BCUT2D eigenvalue weighted by molar-refractivity contribution is 5.84. The van der Waals surface area contributed by atoms with Crippen LogP contribution in [0.25, 0.3) is 0 Å². The average Bonchev–Trinajstić information content (AvgIpc) is 2.75. The van der Waals surface area contributed by atoms with Crippen molar-refractivity contribution in [2.75, 3.05) is 0 Å². The Bertz CT molecular complexity index is 768. The third-order valence-corrected chi connectivity index (χ3v) is 5.06. The highest BCUT2D eigenvalue weighted by Crippen LogP contribution is 2.24. The fourth-order valence-corrected chi connectivity index (χ4v) is 3.09. The summed E-state index contributed by atoms with van der Waals surface area (Å²) in [6, 6.07) is 7.66. The maximum Gasteiger partial charge on any atom is 0.336 e. The van der Waals surface area contributed by atoms with Gasteiger partial charge in [-0.3, -0.25) is 0 Å². The second kappa shape index (κ2) is 17.0. The number of hydrogen-bond acceptors (Lipinski definition) is 2. The van der Waals surface area contributed by atoms with E-state index in [0.29, 0.717) is 5.75 Å². The van der Waals surface area contributed by atoms with Crippen LogP contribution >= 0.6 is 0 Å². The molecule has 0 bridgehead atoms. The van der Waals surface area contributed by atoms with Crippen molar-refractivity contribution in [1.82, 2.24) is 0 Å². The Labute approximate surface area is 196 Å². The Morgan fingerprint density at radius 2 is 1.28 bits per heavy atom. The van der Waals surface area contributed by atoms with Gasteiger partial charge in [-0.25, -0.2) is 4.79 Å². The van der Waals surface area contributed by atoms with Crippen LogP contribution in [-0.2, 0) is 10.2 Å². The summed E-state index contributed by atoms with van der Waals surface area (Å²) in [4.78, 5) is 11.9. The minimum absolute atomic E-state index is 0.0828. The molecule has 2 heteroatoms. The van der Waals surface area contributed by atoms with Crippen LogP contribution in [0.1, 0.15) is 84.6 Å². The van der Waals surface area contributed by atoms with E-state index in [1.54, 1.807) is 6.08 Å². The average molecular weight is 435 g/mol. The van der Waals surface area contributed by atoms with Crippen molar-refractivity contribution in [3.05, 3.63) is 90.6 Å². The van der Waals surface area contributed by atoms with Crippen molar-refractivity contribution in [3.63, 3.8) is 0 Å². The van der Waals surface area contributed by atoms with E-state index in [9.17, 15) is 4.79 Å². The molecule has 1 aromatic carbocycles. The van der Waals surface area contributed by atoms with Gasteiger partial charge in [0.1, 0.15) is 5.75 Å². The van der Waals surface area contributed by atoms with E-state index < -0.39 is 0 Å². The third kappa shape index (κ3) is 14.4. The van der Waals surface area contributed by atoms with Crippen molar-refractivity contribution in [2.24, 2.45) is 0 Å². The molecule has 0 atom stereocenters. The molecule has 0 aliphatic carbocycles. The second-order valence-corrected chi connectivity index (χ2v) is 9.05. The maximum absolute atomic E-state index is 11.9. The van der Waals surface area contributed by atoms with E-state index >= 15 is 0 Å². The van der Waals surface area contributed by atoms with E-state index in [1.807, 2.05) is 60.7 Å². The fourth-order valence-electron chi connectivity index (χ4n) is 3.09. The number of allylic oxidation sites excluding steroid dienone is 9. The third-order valence-electron chi connectivity index (χ3n) is 5.06. The molecule has 0 unspecified atom stereocenters. The zero-order valence-electron chi connectivity index (χ0n) is 20.6. The molecule has 2 nitrogen and oxygen atoms in total. The lowest BCUT2D eigenvalue weighted by atomic mass is 9.87. The van der Waals surface area contributed by atoms with Crippen molar-refractivity contribution in [3.8, 4) is 5.75 Å². The predicted octanol–water partition coefficient (Wildman–Crippen LogP) is 8.81. The number of esters is 1. The van der Waals surface area contributed by atoms with E-state index in [4.69, 9.17) is 4.74 Å². The molecule has 0 fully saturated rings. The van der Waals surface area contributed by atoms with Gasteiger partial charge in [-0.1, -0.05) is 133 Å². The van der Waals surface area contributed by atoms with E-state index in [2.05, 4.69) is 39.8 Å². The van der Waals surface area contributed by atoms with E-state index in [1.165, 1.54) is 56.6 Å². The number of hydrogen-bond donors (Lipinski definition) is 0. The lowest BCUT2D eigenvalue weighted by Gasteiger charge is -2.18. The Balaban J connectivity index is 2.17. The number of carbonyl (C=O) groups excluding carboxylic acids is 1. The van der Waals surface area contributed by atoms with Gasteiger partial charge >= 0.3 is 5.97 Å². The maximum atomic E-state index is 11.9. The number of carbonyl (C=O) groups is 1. The van der Waals surface area contributed by atoms with Crippen LogP contribution in [0.4, 0.5) is 0 Å². The molecule has 0 saturated carbocycles. The molecule has 0 aliphatic rings. The van der Waals surface area contributed by atoms with Gasteiger partial charge in [0, 0.05) is 6.08 Å². The van der Waals surface area contributed by atoms with Crippen LogP contribution in [0.5, 0.6) is 5.75 Å². The molecule has 0 aliphatic heterocycles. The Morgan fingerprint density at radius 1 is 0.750 bits per heavy atom. The number of benzene rings is 1. The summed E-state index contributed by atoms with van der Waals surface area (Å²) in [5.41, 5.74) is 1.29. The van der Waals surface area contributed by atoms with Crippen LogP contribution < -0.4 is 4.74 Å². The molecule has 0 spiro atoms. The largest absolute Gasteiger partial charge is 0.423 e. The standard InChI is InChI=1S/C30H42O2/c1-5-6-7-8-9-10-11-12-13-14-15-16-17-18-19-20-21-22-29(31)32-28-25-23-27(24-26-28)30(2,3)4/h13-26H,5-12H2,1-4H3/b14-13-,16-15-,18-17+,20-19-,22-21+. The number of unbranched alkanes of at least 4 members (excludes halogenated alkanes) is 7. The summed E-state index contributed by atoms with van der Waals surface area (Å²) >= 11 is 0. The Kier molecular flexibility index (Phi) is 14.6. The normalized spacial score (nSPS) is 12.9. The van der Waals surface area contributed by atoms with Gasteiger partial charge in [0.05, 0.1) is 0 Å². The highest BCUT2D eigenvalue weighted by atomic mass is 16.5. The molecule has 0 heterocycles. The van der Waals surface area contributed by atoms with Crippen molar-refractivity contribution < 1.29 is 9.53 Å². The van der Waals surface area contributed by atoms with Gasteiger partial charge in [-0.2, -0.15) is 0 Å². The lowest BCUT2D eigenvalue weighted by molar-refractivity contribution is -0.128. The topological polar surface area (TPSA) is 26.3 Å². The molecule has 0 N–H and O–H groups in total. The van der Waals surface area contributed by atoms with Crippen LogP contribution in [0, 0.1) is 0 Å². The first kappa shape index (κ1) is 27.4. The molecular weight excluding hydrogens is 392 g/mol. The summed E-state index contributed by atoms with van der Waals surface area (Å²) in [5.74, 6) is 0.176. The summed E-state index contributed by atoms with van der Waals surface area (Å²) in [7, 11) is 0. The SMILES string of the molecule is CCCCCCCCC\C=C/C=C\C=C\C=C/C=C/C(=O)Oc1ccc(C(C)(C)C)cc1. The summed E-state index contributed by atoms with van der Waals surface area (Å²) in [5, 5.41) is 0. The second-order valence-electron chi connectivity index (χ2n) is 9.05. The van der Waals surface area contributed by atoms with Crippen LogP contribution in [0.3, 0.4) is 0 Å². The van der Waals surface area contributed by atoms with Gasteiger partial charge in [-0.15, -0.1) is 0 Å². The molecule has 0 radical (unpaired) electrons. The van der Waals surface area contributed by atoms with Crippen molar-refractivity contribution in [2.45, 2.75) is 84.5 Å².